The summed E-state index contributed by atoms with van der Waals surface area (Å²) in [5.74, 6) is -0.304. The minimum absolute atomic E-state index is 0.00902. The molecule has 1 saturated carbocycles. The van der Waals surface area contributed by atoms with E-state index in [1.807, 2.05) is 33.8 Å². The molecule has 33 heavy (non-hydrogen) atoms. The number of sulfonamides is 1. The molecule has 1 N–H and O–H groups in total. The van der Waals surface area contributed by atoms with Crippen molar-refractivity contribution in [1.82, 2.24) is 14.5 Å². The molecule has 186 valence electrons. The van der Waals surface area contributed by atoms with Crippen LogP contribution in [-0.2, 0) is 19.6 Å². The Balaban J connectivity index is 1.52. The van der Waals surface area contributed by atoms with E-state index in [-0.39, 0.29) is 60.7 Å². The van der Waals surface area contributed by atoms with Crippen molar-refractivity contribution in [1.29, 1.82) is 5.26 Å². The third kappa shape index (κ3) is 5.10. The van der Waals surface area contributed by atoms with E-state index in [1.54, 1.807) is 0 Å². The van der Waals surface area contributed by atoms with E-state index < -0.39 is 27.7 Å². The molecule has 0 unspecified atom stereocenters. The smallest absolute Gasteiger partial charge is 0.237 e. The molecular formula is C23H37FN4O4S. The van der Waals surface area contributed by atoms with Crippen molar-refractivity contribution >= 4 is 21.7 Å². The van der Waals surface area contributed by atoms with Crippen LogP contribution in [0.4, 0.5) is 4.39 Å². The first-order valence-corrected chi connectivity index (χ1v) is 13.5. The molecule has 0 bridgehead atoms. The summed E-state index contributed by atoms with van der Waals surface area (Å²) in [4.78, 5) is 26.2. The summed E-state index contributed by atoms with van der Waals surface area (Å²) in [5, 5.41) is 12.3. The minimum atomic E-state index is -3.54. The van der Waals surface area contributed by atoms with Gasteiger partial charge in [-0.15, -0.1) is 0 Å². The molecule has 0 radical (unpaired) electrons. The van der Waals surface area contributed by atoms with Crippen LogP contribution in [0.15, 0.2) is 0 Å². The largest absolute Gasteiger partial charge is 0.323 e. The van der Waals surface area contributed by atoms with Gasteiger partial charge in [-0.1, -0.05) is 27.7 Å². The Bertz CT molecular complexity index is 910. The zero-order chi connectivity index (χ0) is 24.6. The van der Waals surface area contributed by atoms with Crippen LogP contribution < -0.4 is 5.32 Å². The number of likely N-dealkylation sites (tertiary alicyclic amines) is 1. The van der Waals surface area contributed by atoms with Crippen molar-refractivity contribution in [2.45, 2.75) is 78.1 Å². The van der Waals surface area contributed by atoms with E-state index in [2.05, 4.69) is 5.32 Å². The second-order valence-corrected chi connectivity index (χ2v) is 12.7. The normalized spacial score (nSPS) is 33.4. The quantitative estimate of drug-likeness (QED) is 0.591. The van der Waals surface area contributed by atoms with Gasteiger partial charge in [0.25, 0.3) is 0 Å². The Hall–Kier alpha value is -1.57. The fraction of sp³-hybridized carbons (Fsp3) is 0.870. The molecule has 2 heterocycles. The van der Waals surface area contributed by atoms with Gasteiger partial charge in [0.2, 0.25) is 15.9 Å². The number of amides is 1. The number of carbonyl (C=O) groups is 2. The van der Waals surface area contributed by atoms with Crippen molar-refractivity contribution in [3.05, 3.63) is 0 Å². The van der Waals surface area contributed by atoms with E-state index in [1.165, 1.54) is 9.21 Å². The molecule has 0 spiro atoms. The molecule has 1 amide bonds. The lowest BCUT2D eigenvalue weighted by Gasteiger charge is -2.42. The topological polar surface area (TPSA) is 111 Å². The van der Waals surface area contributed by atoms with Gasteiger partial charge in [0, 0.05) is 37.9 Å². The van der Waals surface area contributed by atoms with Crippen molar-refractivity contribution in [2.75, 3.05) is 31.9 Å². The lowest BCUT2D eigenvalue weighted by molar-refractivity contribution is -0.130. The van der Waals surface area contributed by atoms with Crippen LogP contribution >= 0.6 is 0 Å². The molecule has 0 aromatic carbocycles. The predicted octanol–water partition coefficient (Wildman–Crippen LogP) is 1.86. The number of ketones is 1. The van der Waals surface area contributed by atoms with E-state index >= 15 is 0 Å². The van der Waals surface area contributed by atoms with E-state index in [0.29, 0.717) is 25.9 Å². The van der Waals surface area contributed by atoms with Crippen LogP contribution in [0.3, 0.4) is 0 Å². The predicted molar refractivity (Wildman–Crippen MR) is 122 cm³/mol. The number of Topliss-reactive ketones (excluding diaryl/α,β-unsaturated/α-hetero) is 1. The summed E-state index contributed by atoms with van der Waals surface area (Å²) in [6.07, 6.45) is 1.03. The first-order chi connectivity index (χ1) is 15.3. The highest BCUT2D eigenvalue weighted by Crippen LogP contribution is 2.56. The highest BCUT2D eigenvalue weighted by atomic mass is 32.2. The summed E-state index contributed by atoms with van der Waals surface area (Å²) < 4.78 is 41.6. The number of hydrogen-bond donors (Lipinski definition) is 1. The highest BCUT2D eigenvalue weighted by Gasteiger charge is 2.57. The second kappa shape index (κ2) is 9.59. The average molecular weight is 485 g/mol. The maximum absolute atomic E-state index is 13.6. The Morgan fingerprint density at radius 3 is 2.45 bits per heavy atom. The number of piperidine rings is 1. The molecular weight excluding hydrogens is 447 g/mol. The Morgan fingerprint density at radius 2 is 1.91 bits per heavy atom. The van der Waals surface area contributed by atoms with Crippen LogP contribution in [-0.4, -0.2) is 79.5 Å². The standard InChI is InChI=1S/C23H37FN4O4S/c1-5-19-20(29)11-23(4,22(19,2)3)15-33(31,32)27-8-6-17(7-9-27)26-13-21(30)28-14-16(24)10-18(28)12-25/h16-19,26H,5-11,13-15H2,1-4H3/t16-,18-,19-,23-/m1/s1. The monoisotopic (exact) mass is 484 g/mol. The van der Waals surface area contributed by atoms with Gasteiger partial charge in [-0.05, 0) is 30.1 Å². The number of carbonyl (C=O) groups excluding carboxylic acids is 2. The van der Waals surface area contributed by atoms with Crippen molar-refractivity contribution in [3.63, 3.8) is 0 Å². The van der Waals surface area contributed by atoms with E-state index in [9.17, 15) is 22.4 Å². The van der Waals surface area contributed by atoms with Crippen LogP contribution in [0, 0.1) is 28.1 Å². The maximum Gasteiger partial charge on any atom is 0.237 e. The molecule has 3 fully saturated rings. The lowest BCUT2D eigenvalue weighted by atomic mass is 9.66. The third-order valence-electron chi connectivity index (χ3n) is 8.40. The van der Waals surface area contributed by atoms with Gasteiger partial charge in [-0.25, -0.2) is 17.1 Å². The molecule has 4 atom stereocenters. The second-order valence-electron chi connectivity index (χ2n) is 10.7. The molecule has 10 heteroatoms. The van der Waals surface area contributed by atoms with Crippen LogP contribution in [0.2, 0.25) is 0 Å². The molecule has 3 rings (SSSR count). The molecule has 0 aromatic heterocycles. The SMILES string of the molecule is CC[C@@H]1C(=O)C[C@](C)(CS(=O)(=O)N2CCC(NCC(=O)N3C[C@H](F)C[C@@H]3C#N)CC2)C1(C)C. The van der Waals surface area contributed by atoms with Crippen molar-refractivity contribution < 1.29 is 22.4 Å². The summed E-state index contributed by atoms with van der Waals surface area (Å²) in [6, 6.07) is 1.24. The van der Waals surface area contributed by atoms with Gasteiger partial charge in [0.05, 0.1) is 24.9 Å². The van der Waals surface area contributed by atoms with Crippen LogP contribution in [0.1, 0.15) is 59.8 Å². The minimum Gasteiger partial charge on any atom is -0.323 e. The number of nitriles is 1. The van der Waals surface area contributed by atoms with Gasteiger partial charge in [-0.2, -0.15) is 5.26 Å². The fourth-order valence-corrected chi connectivity index (χ4v) is 8.11. The van der Waals surface area contributed by atoms with E-state index in [4.69, 9.17) is 5.26 Å². The number of nitrogens with one attached hydrogen (secondary N) is 1. The number of halogens is 1. The van der Waals surface area contributed by atoms with Crippen LogP contribution in [0.5, 0.6) is 0 Å². The van der Waals surface area contributed by atoms with Crippen molar-refractivity contribution in [3.8, 4) is 6.07 Å². The van der Waals surface area contributed by atoms with Crippen molar-refractivity contribution in [2.24, 2.45) is 16.7 Å². The van der Waals surface area contributed by atoms with Gasteiger partial charge >= 0.3 is 0 Å². The van der Waals surface area contributed by atoms with Gasteiger partial charge in [-0.3, -0.25) is 9.59 Å². The number of hydrogen-bond acceptors (Lipinski definition) is 6. The number of nitrogens with zero attached hydrogens (tertiary/aromatic N) is 3. The van der Waals surface area contributed by atoms with Gasteiger partial charge in [0.15, 0.2) is 0 Å². The number of rotatable bonds is 7. The van der Waals surface area contributed by atoms with E-state index in [0.717, 1.165) is 6.42 Å². The average Bonchev–Trinajstić information content (AvgIpc) is 3.19. The van der Waals surface area contributed by atoms with Gasteiger partial charge < -0.3 is 10.2 Å². The zero-order valence-corrected chi connectivity index (χ0v) is 21.0. The molecule has 2 saturated heterocycles. The third-order valence-corrected chi connectivity index (χ3v) is 10.6. The molecule has 0 aromatic rings. The molecule has 1 aliphatic carbocycles. The number of alkyl halides is 1. The Kier molecular flexibility index (Phi) is 7.57. The Morgan fingerprint density at radius 1 is 1.27 bits per heavy atom. The first kappa shape index (κ1) is 26.0. The molecule has 2 aliphatic heterocycles. The summed E-state index contributed by atoms with van der Waals surface area (Å²) in [7, 11) is -3.54. The molecule has 3 aliphatic rings. The summed E-state index contributed by atoms with van der Waals surface area (Å²) >= 11 is 0. The Labute approximate surface area is 196 Å². The maximum atomic E-state index is 13.6. The first-order valence-electron chi connectivity index (χ1n) is 11.9. The van der Waals surface area contributed by atoms with Gasteiger partial charge in [0.1, 0.15) is 18.0 Å². The highest BCUT2D eigenvalue weighted by molar-refractivity contribution is 7.89. The lowest BCUT2D eigenvalue weighted by Crippen LogP contribution is -2.50. The summed E-state index contributed by atoms with van der Waals surface area (Å²) in [6.45, 7) is 8.59. The zero-order valence-electron chi connectivity index (χ0n) is 20.1. The van der Waals surface area contributed by atoms with Crippen LogP contribution in [0.25, 0.3) is 0 Å². The molecule has 8 nitrogen and oxygen atoms in total. The fourth-order valence-electron chi connectivity index (χ4n) is 5.88. The summed E-state index contributed by atoms with van der Waals surface area (Å²) in [5.41, 5.74) is -0.992.